The average Bonchev–Trinajstić information content (AvgIpc) is 2.47. The summed E-state index contributed by atoms with van der Waals surface area (Å²) in [6.07, 6.45) is 0. The van der Waals surface area contributed by atoms with Gasteiger partial charge in [0.1, 0.15) is 18.2 Å². The van der Waals surface area contributed by atoms with E-state index in [1.165, 1.54) is 18.2 Å². The number of halogens is 3. The van der Waals surface area contributed by atoms with Crippen LogP contribution in [0.5, 0.6) is 5.75 Å². The van der Waals surface area contributed by atoms with E-state index in [4.69, 9.17) is 27.9 Å². The normalized spacial score (nSPS) is 10.7. The first-order chi connectivity index (χ1) is 10.1. The van der Waals surface area contributed by atoms with Gasteiger partial charge in [-0.3, -0.25) is 0 Å². The minimum atomic E-state index is -0.343. The molecule has 0 fully saturated rings. The molecule has 0 aliphatic heterocycles. The Morgan fingerprint density at radius 1 is 1.10 bits per heavy atom. The molecule has 0 aliphatic carbocycles. The van der Waals surface area contributed by atoms with Crippen molar-refractivity contribution in [2.75, 3.05) is 6.54 Å². The van der Waals surface area contributed by atoms with Gasteiger partial charge in [-0.05, 0) is 30.8 Å². The highest BCUT2D eigenvalue weighted by Gasteiger charge is 2.10. The van der Waals surface area contributed by atoms with Gasteiger partial charge in [-0.2, -0.15) is 0 Å². The highest BCUT2D eigenvalue weighted by atomic mass is 35.5. The molecule has 21 heavy (non-hydrogen) atoms. The van der Waals surface area contributed by atoms with Crippen molar-refractivity contribution in [2.24, 2.45) is 0 Å². The summed E-state index contributed by atoms with van der Waals surface area (Å²) in [4.78, 5) is 0. The third-order valence-electron chi connectivity index (χ3n) is 2.99. The fourth-order valence-corrected chi connectivity index (χ4v) is 2.34. The van der Waals surface area contributed by atoms with Gasteiger partial charge >= 0.3 is 0 Å². The fraction of sp³-hybridized carbons (Fsp3) is 0.250. The second-order valence-corrected chi connectivity index (χ2v) is 5.35. The molecule has 0 unspecified atom stereocenters. The Hall–Kier alpha value is -1.29. The molecule has 2 aromatic rings. The van der Waals surface area contributed by atoms with E-state index in [1.54, 1.807) is 6.07 Å². The molecule has 0 aromatic heterocycles. The Bertz CT molecular complexity index is 619. The van der Waals surface area contributed by atoms with E-state index in [0.29, 0.717) is 27.9 Å². The van der Waals surface area contributed by atoms with Gasteiger partial charge in [0.15, 0.2) is 0 Å². The summed E-state index contributed by atoms with van der Waals surface area (Å²) < 4.78 is 19.0. The van der Waals surface area contributed by atoms with Crippen molar-refractivity contribution in [3.8, 4) is 5.75 Å². The maximum absolute atomic E-state index is 13.2. The summed E-state index contributed by atoms with van der Waals surface area (Å²) in [6.45, 7) is 3.70. The zero-order valence-corrected chi connectivity index (χ0v) is 13.1. The second-order valence-electron chi connectivity index (χ2n) is 4.53. The fourth-order valence-electron chi connectivity index (χ4n) is 1.92. The molecular formula is C16H16Cl2FNO. The molecule has 0 spiro atoms. The van der Waals surface area contributed by atoms with E-state index in [1.807, 2.05) is 19.1 Å². The lowest BCUT2D eigenvalue weighted by atomic mass is 10.2. The SMILES string of the molecule is CCNCc1cccc(Cl)c1OCc1cc(F)ccc1Cl. The topological polar surface area (TPSA) is 21.3 Å². The van der Waals surface area contributed by atoms with Crippen LogP contribution in [0.1, 0.15) is 18.1 Å². The van der Waals surface area contributed by atoms with Crippen LogP contribution in [0.2, 0.25) is 10.0 Å². The first kappa shape index (κ1) is 16.1. The van der Waals surface area contributed by atoms with Crippen LogP contribution in [0.3, 0.4) is 0 Å². The van der Waals surface area contributed by atoms with Crippen molar-refractivity contribution in [2.45, 2.75) is 20.1 Å². The molecule has 112 valence electrons. The lowest BCUT2D eigenvalue weighted by Gasteiger charge is -2.14. The highest BCUT2D eigenvalue weighted by Crippen LogP contribution is 2.30. The molecule has 5 heteroatoms. The van der Waals surface area contributed by atoms with Crippen LogP contribution >= 0.6 is 23.2 Å². The predicted octanol–water partition coefficient (Wildman–Crippen LogP) is 4.82. The van der Waals surface area contributed by atoms with Gasteiger partial charge in [-0.25, -0.2) is 4.39 Å². The number of benzene rings is 2. The van der Waals surface area contributed by atoms with Crippen molar-refractivity contribution < 1.29 is 9.13 Å². The number of hydrogen-bond acceptors (Lipinski definition) is 2. The van der Waals surface area contributed by atoms with Gasteiger partial charge in [-0.1, -0.05) is 42.3 Å². The molecule has 0 bridgehead atoms. The third kappa shape index (κ3) is 4.34. The smallest absolute Gasteiger partial charge is 0.142 e. The average molecular weight is 328 g/mol. The van der Waals surface area contributed by atoms with Gasteiger partial charge < -0.3 is 10.1 Å². The van der Waals surface area contributed by atoms with Crippen LogP contribution in [0.4, 0.5) is 4.39 Å². The van der Waals surface area contributed by atoms with Gasteiger partial charge in [-0.15, -0.1) is 0 Å². The molecule has 0 aliphatic rings. The largest absolute Gasteiger partial charge is 0.487 e. The molecule has 0 radical (unpaired) electrons. The molecule has 1 N–H and O–H groups in total. The molecule has 0 amide bonds. The second kappa shape index (κ2) is 7.64. The number of ether oxygens (including phenoxy) is 1. The van der Waals surface area contributed by atoms with Crippen molar-refractivity contribution in [3.05, 3.63) is 63.4 Å². The number of nitrogens with one attached hydrogen (secondary N) is 1. The molecular weight excluding hydrogens is 312 g/mol. The monoisotopic (exact) mass is 327 g/mol. The molecule has 0 heterocycles. The minimum Gasteiger partial charge on any atom is -0.487 e. The van der Waals surface area contributed by atoms with E-state index in [-0.39, 0.29) is 12.4 Å². The first-order valence-electron chi connectivity index (χ1n) is 6.66. The molecule has 0 atom stereocenters. The van der Waals surface area contributed by atoms with E-state index >= 15 is 0 Å². The van der Waals surface area contributed by atoms with E-state index < -0.39 is 0 Å². The summed E-state index contributed by atoms with van der Waals surface area (Å²) >= 11 is 12.2. The van der Waals surface area contributed by atoms with Gasteiger partial charge in [0.25, 0.3) is 0 Å². The van der Waals surface area contributed by atoms with Gasteiger partial charge in [0, 0.05) is 22.7 Å². The summed E-state index contributed by atoms with van der Waals surface area (Å²) in [5.74, 6) is 0.255. The van der Waals surface area contributed by atoms with Crippen LogP contribution < -0.4 is 10.1 Å². The van der Waals surface area contributed by atoms with Gasteiger partial charge in [0.05, 0.1) is 5.02 Å². The molecule has 0 saturated carbocycles. The summed E-state index contributed by atoms with van der Waals surface area (Å²) in [7, 11) is 0. The van der Waals surface area contributed by atoms with Crippen molar-refractivity contribution in [3.63, 3.8) is 0 Å². The van der Waals surface area contributed by atoms with Crippen LogP contribution in [0.15, 0.2) is 36.4 Å². The first-order valence-corrected chi connectivity index (χ1v) is 7.42. The number of hydrogen-bond donors (Lipinski definition) is 1. The molecule has 2 nitrogen and oxygen atoms in total. The zero-order valence-electron chi connectivity index (χ0n) is 11.6. The Kier molecular flexibility index (Phi) is 5.85. The molecule has 2 aromatic carbocycles. The van der Waals surface area contributed by atoms with E-state index in [2.05, 4.69) is 5.32 Å². The van der Waals surface area contributed by atoms with E-state index in [9.17, 15) is 4.39 Å². The Balaban J connectivity index is 2.17. The zero-order chi connectivity index (χ0) is 15.2. The van der Waals surface area contributed by atoms with Crippen molar-refractivity contribution in [1.29, 1.82) is 0 Å². The van der Waals surface area contributed by atoms with Crippen LogP contribution in [0, 0.1) is 5.82 Å². The Morgan fingerprint density at radius 2 is 1.90 bits per heavy atom. The molecule has 2 rings (SSSR count). The minimum absolute atomic E-state index is 0.166. The summed E-state index contributed by atoms with van der Waals surface area (Å²) in [5, 5.41) is 4.22. The van der Waals surface area contributed by atoms with Crippen molar-refractivity contribution in [1.82, 2.24) is 5.32 Å². The Morgan fingerprint density at radius 3 is 2.67 bits per heavy atom. The summed E-state index contributed by atoms with van der Waals surface area (Å²) in [6, 6.07) is 9.77. The Labute approximate surface area is 133 Å². The lowest BCUT2D eigenvalue weighted by Crippen LogP contribution is -2.13. The quantitative estimate of drug-likeness (QED) is 0.821. The maximum atomic E-state index is 13.2. The number of para-hydroxylation sites is 1. The van der Waals surface area contributed by atoms with Crippen LogP contribution in [-0.2, 0) is 13.2 Å². The molecule has 0 saturated heterocycles. The van der Waals surface area contributed by atoms with E-state index in [0.717, 1.165) is 12.1 Å². The summed E-state index contributed by atoms with van der Waals surface area (Å²) in [5.41, 5.74) is 1.54. The highest BCUT2D eigenvalue weighted by molar-refractivity contribution is 6.32. The lowest BCUT2D eigenvalue weighted by molar-refractivity contribution is 0.302. The van der Waals surface area contributed by atoms with Crippen molar-refractivity contribution >= 4 is 23.2 Å². The maximum Gasteiger partial charge on any atom is 0.142 e. The van der Waals surface area contributed by atoms with Gasteiger partial charge in [0.2, 0.25) is 0 Å². The number of rotatable bonds is 6. The van der Waals surface area contributed by atoms with Crippen LogP contribution in [0.25, 0.3) is 0 Å². The standard InChI is InChI=1S/C16H16Cl2FNO/c1-2-20-9-11-4-3-5-15(18)16(11)21-10-12-8-13(19)6-7-14(12)17/h3-8,20H,2,9-10H2,1H3. The third-order valence-corrected chi connectivity index (χ3v) is 3.66. The van der Waals surface area contributed by atoms with Crippen LogP contribution in [-0.4, -0.2) is 6.54 Å². The predicted molar refractivity (Wildman–Crippen MR) is 84.6 cm³/mol.